The number of fused-ring (bicyclic) bond motifs is 1. The molecular weight excluding hydrogens is 554 g/mol. The SMILES string of the molecule is CNC(=O)[C@@H](Cc1ccccc1)N(Cc1ccc(Cl)cc1)C(=O)CCCN(c1ccc2c(c1)OCO2)S(C)(=O)=O. The first-order valence-corrected chi connectivity index (χ1v) is 15.0. The first kappa shape index (κ1) is 29.2. The number of hydrogen-bond donors (Lipinski definition) is 1. The molecule has 1 aliphatic rings. The van der Waals surface area contributed by atoms with Crippen molar-refractivity contribution in [2.75, 3.05) is 30.9 Å². The molecule has 0 bridgehead atoms. The number of anilines is 1. The number of ether oxygens (including phenoxy) is 2. The Morgan fingerprint density at radius 1 is 0.975 bits per heavy atom. The van der Waals surface area contributed by atoms with Crippen molar-refractivity contribution in [3.05, 3.63) is 88.9 Å². The molecule has 1 heterocycles. The zero-order valence-corrected chi connectivity index (χ0v) is 24.0. The quantitative estimate of drug-likeness (QED) is 0.344. The van der Waals surface area contributed by atoms with Crippen LogP contribution in [0.3, 0.4) is 0 Å². The van der Waals surface area contributed by atoms with Crippen molar-refractivity contribution in [2.24, 2.45) is 0 Å². The van der Waals surface area contributed by atoms with Crippen LogP contribution < -0.4 is 19.1 Å². The monoisotopic (exact) mass is 585 g/mol. The molecular formula is C29H32ClN3O6S. The molecule has 212 valence electrons. The molecule has 1 N–H and O–H groups in total. The fourth-order valence-corrected chi connectivity index (χ4v) is 5.63. The fraction of sp³-hybridized carbons (Fsp3) is 0.310. The Hall–Kier alpha value is -3.76. The summed E-state index contributed by atoms with van der Waals surface area (Å²) in [6.07, 6.45) is 1.72. The lowest BCUT2D eigenvalue weighted by Crippen LogP contribution is -2.49. The fourth-order valence-electron chi connectivity index (χ4n) is 4.55. The molecule has 0 fully saturated rings. The minimum atomic E-state index is -3.65. The third kappa shape index (κ3) is 7.45. The van der Waals surface area contributed by atoms with Crippen molar-refractivity contribution in [1.82, 2.24) is 10.2 Å². The second kappa shape index (κ2) is 13.1. The van der Waals surface area contributed by atoms with Gasteiger partial charge in [-0.1, -0.05) is 54.1 Å². The third-order valence-corrected chi connectivity index (χ3v) is 8.03. The van der Waals surface area contributed by atoms with E-state index in [1.807, 2.05) is 42.5 Å². The topological polar surface area (TPSA) is 105 Å². The van der Waals surface area contributed by atoms with E-state index in [9.17, 15) is 18.0 Å². The number of nitrogens with zero attached hydrogens (tertiary/aromatic N) is 2. The molecule has 0 spiro atoms. The van der Waals surface area contributed by atoms with Gasteiger partial charge in [0.2, 0.25) is 28.6 Å². The Morgan fingerprint density at radius 2 is 1.68 bits per heavy atom. The van der Waals surface area contributed by atoms with Gasteiger partial charge in [-0.3, -0.25) is 13.9 Å². The van der Waals surface area contributed by atoms with Gasteiger partial charge in [-0.15, -0.1) is 0 Å². The second-order valence-electron chi connectivity index (χ2n) is 9.44. The molecule has 0 unspecified atom stereocenters. The van der Waals surface area contributed by atoms with Crippen LogP contribution in [0, 0.1) is 0 Å². The number of benzene rings is 3. The van der Waals surface area contributed by atoms with E-state index in [2.05, 4.69) is 5.32 Å². The first-order valence-electron chi connectivity index (χ1n) is 12.8. The number of rotatable bonds is 12. The van der Waals surface area contributed by atoms with E-state index in [0.717, 1.165) is 17.4 Å². The van der Waals surface area contributed by atoms with Gasteiger partial charge in [0, 0.05) is 44.1 Å². The van der Waals surface area contributed by atoms with Crippen LogP contribution in [0.4, 0.5) is 5.69 Å². The maximum absolute atomic E-state index is 13.7. The number of likely N-dealkylation sites (N-methyl/N-ethyl adjacent to an activating group) is 1. The van der Waals surface area contributed by atoms with Crippen LogP contribution >= 0.6 is 11.6 Å². The standard InChI is InChI=1S/C29H32ClN3O6S/c1-31-29(35)25(17-21-7-4-3-5-8-21)32(19-22-10-12-23(30)13-11-22)28(34)9-6-16-33(40(2,36)37)24-14-15-26-27(18-24)39-20-38-26/h3-5,7-8,10-15,18,25H,6,9,16-17,19-20H2,1-2H3,(H,31,35)/t25-/m1/s1. The van der Waals surface area contributed by atoms with Crippen molar-refractivity contribution >= 4 is 39.1 Å². The summed E-state index contributed by atoms with van der Waals surface area (Å²) in [5.74, 6) is 0.456. The van der Waals surface area contributed by atoms with Crippen LogP contribution in [0.15, 0.2) is 72.8 Å². The predicted octanol–water partition coefficient (Wildman–Crippen LogP) is 4.00. The van der Waals surface area contributed by atoms with E-state index in [4.69, 9.17) is 21.1 Å². The minimum Gasteiger partial charge on any atom is -0.454 e. The number of carbonyl (C=O) groups excluding carboxylic acids is 2. The summed E-state index contributed by atoms with van der Waals surface area (Å²) < 4.78 is 37.3. The first-order chi connectivity index (χ1) is 19.2. The summed E-state index contributed by atoms with van der Waals surface area (Å²) >= 11 is 6.06. The molecule has 1 aliphatic heterocycles. The summed E-state index contributed by atoms with van der Waals surface area (Å²) in [6.45, 7) is 0.340. The molecule has 2 amide bonds. The highest BCUT2D eigenvalue weighted by Gasteiger charge is 2.30. The summed E-state index contributed by atoms with van der Waals surface area (Å²) in [7, 11) is -2.10. The normalized spacial score (nSPS) is 13.0. The van der Waals surface area contributed by atoms with Crippen LogP contribution in [0.2, 0.25) is 5.02 Å². The third-order valence-electron chi connectivity index (χ3n) is 6.58. The number of amides is 2. The molecule has 4 rings (SSSR count). The summed E-state index contributed by atoms with van der Waals surface area (Å²) in [5.41, 5.74) is 2.15. The number of sulfonamides is 1. The van der Waals surface area contributed by atoms with Gasteiger partial charge >= 0.3 is 0 Å². The summed E-state index contributed by atoms with van der Waals surface area (Å²) in [6, 6.07) is 20.7. The maximum atomic E-state index is 13.7. The van der Waals surface area contributed by atoms with E-state index >= 15 is 0 Å². The van der Waals surface area contributed by atoms with Crippen molar-refractivity contribution in [1.29, 1.82) is 0 Å². The molecule has 40 heavy (non-hydrogen) atoms. The van der Waals surface area contributed by atoms with Gasteiger partial charge in [0.05, 0.1) is 11.9 Å². The molecule has 1 atom stereocenters. The molecule has 0 aromatic heterocycles. The van der Waals surface area contributed by atoms with Crippen molar-refractivity contribution in [2.45, 2.75) is 31.8 Å². The van der Waals surface area contributed by atoms with Crippen LogP contribution in [-0.2, 0) is 32.6 Å². The summed E-state index contributed by atoms with van der Waals surface area (Å²) in [5, 5.41) is 3.26. The highest BCUT2D eigenvalue weighted by molar-refractivity contribution is 7.92. The lowest BCUT2D eigenvalue weighted by atomic mass is 10.0. The molecule has 11 heteroatoms. The van der Waals surface area contributed by atoms with Crippen LogP contribution in [0.25, 0.3) is 0 Å². The largest absolute Gasteiger partial charge is 0.454 e. The predicted molar refractivity (Wildman–Crippen MR) is 154 cm³/mol. The smallest absolute Gasteiger partial charge is 0.242 e. The minimum absolute atomic E-state index is 0.0342. The molecule has 3 aromatic rings. The number of hydrogen-bond acceptors (Lipinski definition) is 6. The Morgan fingerprint density at radius 3 is 2.35 bits per heavy atom. The zero-order valence-electron chi connectivity index (χ0n) is 22.4. The van der Waals surface area contributed by atoms with E-state index in [1.54, 1.807) is 42.3 Å². The molecule has 3 aromatic carbocycles. The Labute approximate surface area is 239 Å². The Bertz CT molecular complexity index is 1430. The zero-order chi connectivity index (χ0) is 28.7. The molecule has 0 saturated heterocycles. The average Bonchev–Trinajstić information content (AvgIpc) is 3.41. The summed E-state index contributed by atoms with van der Waals surface area (Å²) in [4.78, 5) is 28.3. The van der Waals surface area contributed by atoms with Crippen LogP contribution in [0.1, 0.15) is 24.0 Å². The van der Waals surface area contributed by atoms with Crippen molar-refractivity contribution < 1.29 is 27.5 Å². The van der Waals surface area contributed by atoms with Gasteiger partial charge < -0.3 is 19.7 Å². The molecule has 0 saturated carbocycles. The van der Waals surface area contributed by atoms with Crippen LogP contribution in [0.5, 0.6) is 11.5 Å². The van der Waals surface area contributed by atoms with Gasteiger partial charge in [0.15, 0.2) is 11.5 Å². The lowest BCUT2D eigenvalue weighted by molar-refractivity contribution is -0.141. The highest BCUT2D eigenvalue weighted by Crippen LogP contribution is 2.36. The van der Waals surface area contributed by atoms with E-state index < -0.39 is 16.1 Å². The molecule has 0 aliphatic carbocycles. The van der Waals surface area contributed by atoms with Gasteiger partial charge in [0.25, 0.3) is 0 Å². The Balaban J connectivity index is 1.54. The van der Waals surface area contributed by atoms with E-state index in [-0.39, 0.29) is 44.5 Å². The number of carbonyl (C=O) groups is 2. The molecule has 9 nitrogen and oxygen atoms in total. The van der Waals surface area contributed by atoms with Crippen LogP contribution in [-0.4, -0.2) is 57.8 Å². The maximum Gasteiger partial charge on any atom is 0.242 e. The van der Waals surface area contributed by atoms with Crippen molar-refractivity contribution in [3.63, 3.8) is 0 Å². The number of nitrogens with one attached hydrogen (secondary N) is 1. The van der Waals surface area contributed by atoms with Crippen molar-refractivity contribution in [3.8, 4) is 11.5 Å². The average molecular weight is 586 g/mol. The van der Waals surface area contributed by atoms with Gasteiger partial charge in [0.1, 0.15) is 6.04 Å². The van der Waals surface area contributed by atoms with Gasteiger partial charge in [-0.25, -0.2) is 8.42 Å². The van der Waals surface area contributed by atoms with Gasteiger partial charge in [-0.2, -0.15) is 0 Å². The Kier molecular flexibility index (Phi) is 9.54. The lowest BCUT2D eigenvalue weighted by Gasteiger charge is -2.31. The van der Waals surface area contributed by atoms with E-state index in [0.29, 0.717) is 28.6 Å². The highest BCUT2D eigenvalue weighted by atomic mass is 35.5. The van der Waals surface area contributed by atoms with E-state index in [1.165, 1.54) is 4.31 Å². The van der Waals surface area contributed by atoms with Gasteiger partial charge in [-0.05, 0) is 41.8 Å². The molecule has 0 radical (unpaired) electrons. The number of halogens is 1. The second-order valence-corrected chi connectivity index (χ2v) is 11.8.